The molecule has 6 nitrogen and oxygen atoms in total. The number of carbonyl (C=O) groups excluding carboxylic acids is 2. The summed E-state index contributed by atoms with van der Waals surface area (Å²) in [4.78, 5) is 27.6. The van der Waals surface area contributed by atoms with Gasteiger partial charge in [0.05, 0.1) is 18.4 Å². The summed E-state index contributed by atoms with van der Waals surface area (Å²) in [6.07, 6.45) is 1.60. The SMILES string of the molecule is COc1cccc(CN2CCC(C(=O)Nc3ccccc3C(=O)NC(C)C)CC2)c1. The number of piperidine rings is 1. The second-order valence-corrected chi connectivity index (χ2v) is 8.06. The van der Waals surface area contributed by atoms with E-state index in [4.69, 9.17) is 4.74 Å². The zero-order chi connectivity index (χ0) is 21.5. The first-order valence-corrected chi connectivity index (χ1v) is 10.5. The van der Waals surface area contributed by atoms with Crippen LogP contribution in [0.25, 0.3) is 0 Å². The Hall–Kier alpha value is -2.86. The van der Waals surface area contributed by atoms with Crippen molar-refractivity contribution in [2.24, 2.45) is 5.92 Å². The lowest BCUT2D eigenvalue weighted by atomic mass is 9.95. The largest absolute Gasteiger partial charge is 0.497 e. The van der Waals surface area contributed by atoms with Gasteiger partial charge in [0, 0.05) is 18.5 Å². The number of benzene rings is 2. The molecule has 2 N–H and O–H groups in total. The number of para-hydroxylation sites is 1. The van der Waals surface area contributed by atoms with Crippen LogP contribution >= 0.6 is 0 Å². The third-order valence-corrected chi connectivity index (χ3v) is 5.35. The van der Waals surface area contributed by atoms with Crippen LogP contribution in [0.4, 0.5) is 5.69 Å². The molecule has 2 aromatic carbocycles. The monoisotopic (exact) mass is 409 g/mol. The molecule has 0 radical (unpaired) electrons. The lowest BCUT2D eigenvalue weighted by Gasteiger charge is -2.31. The molecule has 2 aromatic rings. The van der Waals surface area contributed by atoms with E-state index < -0.39 is 0 Å². The average Bonchev–Trinajstić information content (AvgIpc) is 2.74. The second kappa shape index (κ2) is 10.3. The highest BCUT2D eigenvalue weighted by Gasteiger charge is 2.26. The Morgan fingerprint density at radius 1 is 1.10 bits per heavy atom. The quantitative estimate of drug-likeness (QED) is 0.732. The molecule has 0 unspecified atom stereocenters. The van der Waals surface area contributed by atoms with Gasteiger partial charge in [0.2, 0.25) is 5.91 Å². The topological polar surface area (TPSA) is 70.7 Å². The van der Waals surface area contributed by atoms with Gasteiger partial charge in [-0.15, -0.1) is 0 Å². The van der Waals surface area contributed by atoms with Crippen molar-refractivity contribution < 1.29 is 14.3 Å². The number of nitrogens with zero attached hydrogens (tertiary/aromatic N) is 1. The minimum absolute atomic E-state index is 0.0131. The van der Waals surface area contributed by atoms with Crippen molar-refractivity contribution in [1.29, 1.82) is 0 Å². The summed E-state index contributed by atoms with van der Waals surface area (Å²) in [6.45, 7) is 6.41. The first kappa shape index (κ1) is 21.8. The van der Waals surface area contributed by atoms with Crippen LogP contribution in [0.3, 0.4) is 0 Å². The lowest BCUT2D eigenvalue weighted by Crippen LogP contribution is -2.38. The maximum Gasteiger partial charge on any atom is 0.253 e. The predicted molar refractivity (Wildman–Crippen MR) is 119 cm³/mol. The van der Waals surface area contributed by atoms with Gasteiger partial charge >= 0.3 is 0 Å². The molecule has 30 heavy (non-hydrogen) atoms. The Morgan fingerprint density at radius 2 is 1.83 bits per heavy atom. The first-order chi connectivity index (χ1) is 14.5. The van der Waals surface area contributed by atoms with Gasteiger partial charge in [0.15, 0.2) is 0 Å². The van der Waals surface area contributed by atoms with E-state index in [1.165, 1.54) is 5.56 Å². The summed E-state index contributed by atoms with van der Waals surface area (Å²) in [5.41, 5.74) is 2.27. The van der Waals surface area contributed by atoms with Crippen LogP contribution in [0.1, 0.15) is 42.6 Å². The lowest BCUT2D eigenvalue weighted by molar-refractivity contribution is -0.121. The Labute approximate surface area is 178 Å². The minimum Gasteiger partial charge on any atom is -0.497 e. The van der Waals surface area contributed by atoms with Crippen molar-refractivity contribution in [1.82, 2.24) is 10.2 Å². The van der Waals surface area contributed by atoms with Gasteiger partial charge in [-0.05, 0) is 69.6 Å². The summed E-state index contributed by atoms with van der Waals surface area (Å²) in [5.74, 6) is 0.629. The molecule has 0 bridgehead atoms. The van der Waals surface area contributed by atoms with E-state index in [1.54, 1.807) is 19.2 Å². The van der Waals surface area contributed by atoms with E-state index in [9.17, 15) is 9.59 Å². The van der Waals surface area contributed by atoms with Gasteiger partial charge < -0.3 is 15.4 Å². The molecule has 1 saturated heterocycles. The number of amides is 2. The third-order valence-electron chi connectivity index (χ3n) is 5.35. The maximum absolute atomic E-state index is 12.8. The maximum atomic E-state index is 12.8. The Morgan fingerprint density at radius 3 is 2.53 bits per heavy atom. The number of rotatable bonds is 7. The molecule has 2 amide bonds. The number of anilines is 1. The number of hydrogen-bond donors (Lipinski definition) is 2. The summed E-state index contributed by atoms with van der Waals surface area (Å²) >= 11 is 0. The second-order valence-electron chi connectivity index (χ2n) is 8.06. The third kappa shape index (κ3) is 5.83. The number of carbonyl (C=O) groups is 2. The van der Waals surface area contributed by atoms with Gasteiger partial charge in [-0.1, -0.05) is 24.3 Å². The fraction of sp³-hybridized carbons (Fsp3) is 0.417. The smallest absolute Gasteiger partial charge is 0.253 e. The number of likely N-dealkylation sites (tertiary alicyclic amines) is 1. The minimum atomic E-state index is -0.172. The number of nitrogens with one attached hydrogen (secondary N) is 2. The summed E-state index contributed by atoms with van der Waals surface area (Å²) in [6, 6.07) is 15.3. The molecule has 0 atom stereocenters. The molecule has 0 aromatic heterocycles. The summed E-state index contributed by atoms with van der Waals surface area (Å²) in [7, 11) is 1.67. The fourth-order valence-electron chi connectivity index (χ4n) is 3.75. The molecule has 6 heteroatoms. The van der Waals surface area contributed by atoms with Crippen molar-refractivity contribution >= 4 is 17.5 Å². The fourth-order valence-corrected chi connectivity index (χ4v) is 3.75. The zero-order valence-electron chi connectivity index (χ0n) is 18.0. The van der Waals surface area contributed by atoms with Gasteiger partial charge in [-0.2, -0.15) is 0 Å². The highest BCUT2D eigenvalue weighted by atomic mass is 16.5. The van der Waals surface area contributed by atoms with Crippen LogP contribution < -0.4 is 15.4 Å². The molecule has 1 aliphatic heterocycles. The summed E-state index contributed by atoms with van der Waals surface area (Å²) < 4.78 is 5.30. The Balaban J connectivity index is 1.55. The molecule has 1 heterocycles. The molecular formula is C24H31N3O3. The van der Waals surface area contributed by atoms with E-state index >= 15 is 0 Å². The highest BCUT2D eigenvalue weighted by molar-refractivity contribution is 6.04. The first-order valence-electron chi connectivity index (χ1n) is 10.5. The van der Waals surface area contributed by atoms with E-state index in [0.717, 1.165) is 38.2 Å². The molecule has 3 rings (SSSR count). The van der Waals surface area contributed by atoms with Gasteiger partial charge in [0.25, 0.3) is 5.91 Å². The van der Waals surface area contributed by atoms with Crippen LogP contribution in [0.15, 0.2) is 48.5 Å². The van der Waals surface area contributed by atoms with Crippen LogP contribution in [0.5, 0.6) is 5.75 Å². The predicted octanol–water partition coefficient (Wildman–Crippen LogP) is 3.68. The van der Waals surface area contributed by atoms with E-state index in [2.05, 4.69) is 27.7 Å². The van der Waals surface area contributed by atoms with E-state index in [-0.39, 0.29) is 23.8 Å². The number of ether oxygens (including phenoxy) is 1. The molecular weight excluding hydrogens is 378 g/mol. The number of hydrogen-bond acceptors (Lipinski definition) is 4. The Bertz CT molecular complexity index is 874. The van der Waals surface area contributed by atoms with Crippen molar-refractivity contribution in [3.63, 3.8) is 0 Å². The van der Waals surface area contributed by atoms with Gasteiger partial charge in [-0.25, -0.2) is 0 Å². The molecule has 1 aliphatic rings. The van der Waals surface area contributed by atoms with Crippen LogP contribution in [0.2, 0.25) is 0 Å². The van der Waals surface area contributed by atoms with Crippen molar-refractivity contribution in [3.05, 3.63) is 59.7 Å². The standard InChI is InChI=1S/C24H31N3O3/c1-17(2)25-24(29)21-9-4-5-10-22(21)26-23(28)19-11-13-27(14-12-19)16-18-7-6-8-20(15-18)30-3/h4-10,15,17,19H,11-14,16H2,1-3H3,(H,25,29)(H,26,28). The van der Waals surface area contributed by atoms with E-state index in [1.807, 2.05) is 38.1 Å². The van der Waals surface area contributed by atoms with E-state index in [0.29, 0.717) is 11.3 Å². The van der Waals surface area contributed by atoms with Gasteiger partial charge in [-0.3, -0.25) is 14.5 Å². The average molecular weight is 410 g/mol. The van der Waals surface area contributed by atoms with Crippen LogP contribution in [-0.2, 0) is 11.3 Å². The van der Waals surface area contributed by atoms with Crippen molar-refractivity contribution in [3.8, 4) is 5.75 Å². The van der Waals surface area contributed by atoms with Crippen LogP contribution in [0, 0.1) is 5.92 Å². The van der Waals surface area contributed by atoms with Gasteiger partial charge in [0.1, 0.15) is 5.75 Å². The highest BCUT2D eigenvalue weighted by Crippen LogP contribution is 2.23. The molecule has 0 spiro atoms. The molecule has 0 aliphatic carbocycles. The molecule has 0 saturated carbocycles. The Kier molecular flexibility index (Phi) is 7.46. The normalized spacial score (nSPS) is 15.1. The molecule has 160 valence electrons. The van der Waals surface area contributed by atoms with Crippen molar-refractivity contribution in [2.75, 3.05) is 25.5 Å². The molecule has 1 fully saturated rings. The zero-order valence-corrected chi connectivity index (χ0v) is 18.0. The van der Waals surface area contributed by atoms with Crippen molar-refractivity contribution in [2.45, 2.75) is 39.3 Å². The van der Waals surface area contributed by atoms with Crippen LogP contribution in [-0.4, -0.2) is 43.0 Å². The summed E-state index contributed by atoms with van der Waals surface area (Å²) in [5, 5.41) is 5.86. The number of methoxy groups -OCH3 is 1.